The van der Waals surface area contributed by atoms with Gasteiger partial charge >= 0.3 is 5.97 Å². The van der Waals surface area contributed by atoms with E-state index in [1.165, 1.54) is 0 Å². The van der Waals surface area contributed by atoms with Gasteiger partial charge in [-0.3, -0.25) is 4.79 Å². The molecule has 1 aromatic heterocycles. The molecule has 1 aromatic carbocycles. The topological polar surface area (TPSA) is 75.2 Å². The van der Waals surface area contributed by atoms with Gasteiger partial charge < -0.3 is 14.8 Å². The third-order valence-corrected chi connectivity index (χ3v) is 3.27. The molecule has 1 atom stereocenters. The van der Waals surface area contributed by atoms with Gasteiger partial charge in [0.15, 0.2) is 0 Å². The first kappa shape index (κ1) is 14.1. The molecule has 0 saturated heterocycles. The maximum Gasteiger partial charge on any atom is 0.304 e. The van der Waals surface area contributed by atoms with Gasteiger partial charge in [0.25, 0.3) is 0 Å². The summed E-state index contributed by atoms with van der Waals surface area (Å²) in [5.74, 6) is 0.438. The molecule has 0 fully saturated rings. The van der Waals surface area contributed by atoms with Crippen molar-refractivity contribution in [1.29, 1.82) is 0 Å². The van der Waals surface area contributed by atoms with Crippen LogP contribution in [0, 0.1) is 13.8 Å². The SMILES string of the molecule is COc1ccc([C@@H](CC(=O)O)c2nc(C)[nH]c2C)cc1. The average Bonchev–Trinajstić information content (AvgIpc) is 2.75. The van der Waals surface area contributed by atoms with Crippen molar-refractivity contribution in [3.05, 3.63) is 47.0 Å². The largest absolute Gasteiger partial charge is 0.497 e. The molecule has 0 aliphatic heterocycles. The second-order valence-corrected chi connectivity index (χ2v) is 4.76. The molecule has 5 heteroatoms. The summed E-state index contributed by atoms with van der Waals surface area (Å²) in [6.45, 7) is 3.77. The molecule has 5 nitrogen and oxygen atoms in total. The lowest BCUT2D eigenvalue weighted by molar-refractivity contribution is -0.137. The van der Waals surface area contributed by atoms with Crippen LogP contribution in [0.4, 0.5) is 0 Å². The molecule has 20 heavy (non-hydrogen) atoms. The van der Waals surface area contributed by atoms with Gasteiger partial charge in [0, 0.05) is 11.6 Å². The van der Waals surface area contributed by atoms with Crippen LogP contribution in [0.25, 0.3) is 0 Å². The number of aromatic nitrogens is 2. The summed E-state index contributed by atoms with van der Waals surface area (Å²) in [5, 5.41) is 9.14. The smallest absolute Gasteiger partial charge is 0.304 e. The fraction of sp³-hybridized carbons (Fsp3) is 0.333. The Bertz CT molecular complexity index is 602. The van der Waals surface area contributed by atoms with Gasteiger partial charge in [-0.15, -0.1) is 0 Å². The standard InChI is InChI=1S/C15H18N2O3/c1-9-15(17-10(2)16-9)13(8-14(18)19)11-4-6-12(20-3)7-5-11/h4-7,13H,8H2,1-3H3,(H,16,17)(H,18,19)/t13-/m1/s1. The normalized spacial score (nSPS) is 12.2. The number of carboxylic acids is 1. The van der Waals surface area contributed by atoms with E-state index in [-0.39, 0.29) is 12.3 Å². The molecular formula is C15H18N2O3. The van der Waals surface area contributed by atoms with E-state index in [1.54, 1.807) is 7.11 Å². The third kappa shape index (κ3) is 2.99. The Morgan fingerprint density at radius 2 is 2.00 bits per heavy atom. The van der Waals surface area contributed by atoms with Crippen molar-refractivity contribution in [3.63, 3.8) is 0 Å². The van der Waals surface area contributed by atoms with Crippen molar-refractivity contribution in [3.8, 4) is 5.75 Å². The molecule has 0 radical (unpaired) electrons. The first-order valence-electron chi connectivity index (χ1n) is 6.40. The molecule has 0 aliphatic rings. The molecule has 0 bridgehead atoms. The monoisotopic (exact) mass is 274 g/mol. The minimum absolute atomic E-state index is 0.0114. The third-order valence-electron chi connectivity index (χ3n) is 3.27. The minimum atomic E-state index is -0.842. The van der Waals surface area contributed by atoms with E-state index in [0.717, 1.165) is 28.5 Å². The van der Waals surface area contributed by atoms with Crippen LogP contribution in [-0.2, 0) is 4.79 Å². The van der Waals surface area contributed by atoms with Gasteiger partial charge in [0.2, 0.25) is 0 Å². The van der Waals surface area contributed by atoms with Gasteiger partial charge in [-0.2, -0.15) is 0 Å². The number of aryl methyl sites for hydroxylation is 2. The first-order valence-corrected chi connectivity index (χ1v) is 6.40. The van der Waals surface area contributed by atoms with Gasteiger partial charge in [-0.05, 0) is 31.5 Å². The molecule has 2 N–H and O–H groups in total. The summed E-state index contributed by atoms with van der Waals surface area (Å²) in [6.07, 6.45) is 0.0114. The summed E-state index contributed by atoms with van der Waals surface area (Å²) >= 11 is 0. The van der Waals surface area contributed by atoms with E-state index in [2.05, 4.69) is 9.97 Å². The maximum atomic E-state index is 11.1. The zero-order valence-corrected chi connectivity index (χ0v) is 11.8. The fourth-order valence-electron chi connectivity index (χ4n) is 2.35. The molecule has 0 unspecified atom stereocenters. The van der Waals surface area contributed by atoms with Crippen molar-refractivity contribution in [1.82, 2.24) is 9.97 Å². The second-order valence-electron chi connectivity index (χ2n) is 4.76. The predicted molar refractivity (Wildman–Crippen MR) is 75.2 cm³/mol. The minimum Gasteiger partial charge on any atom is -0.497 e. The predicted octanol–water partition coefficient (Wildman–Crippen LogP) is 2.64. The van der Waals surface area contributed by atoms with Crippen LogP contribution < -0.4 is 4.74 Å². The van der Waals surface area contributed by atoms with E-state index in [4.69, 9.17) is 9.84 Å². The van der Waals surface area contributed by atoms with Crippen LogP contribution in [0.3, 0.4) is 0 Å². The summed E-state index contributed by atoms with van der Waals surface area (Å²) in [7, 11) is 1.60. The van der Waals surface area contributed by atoms with Crippen LogP contribution in [0.15, 0.2) is 24.3 Å². The van der Waals surface area contributed by atoms with Crippen molar-refractivity contribution < 1.29 is 14.6 Å². The number of hydrogen-bond acceptors (Lipinski definition) is 3. The number of imidazole rings is 1. The number of H-pyrrole nitrogens is 1. The number of aliphatic carboxylic acids is 1. The lowest BCUT2D eigenvalue weighted by Crippen LogP contribution is -2.09. The summed E-state index contributed by atoms with van der Waals surface area (Å²) in [4.78, 5) is 18.7. The molecule has 106 valence electrons. The van der Waals surface area contributed by atoms with Crippen LogP contribution in [0.2, 0.25) is 0 Å². The summed E-state index contributed by atoms with van der Waals surface area (Å²) < 4.78 is 5.13. The zero-order valence-electron chi connectivity index (χ0n) is 11.8. The summed E-state index contributed by atoms with van der Waals surface area (Å²) in [5.41, 5.74) is 2.61. The number of carboxylic acid groups (broad SMARTS) is 1. The Morgan fingerprint density at radius 3 is 2.45 bits per heavy atom. The average molecular weight is 274 g/mol. The van der Waals surface area contributed by atoms with Crippen LogP contribution in [0.5, 0.6) is 5.75 Å². The van der Waals surface area contributed by atoms with Gasteiger partial charge in [-0.25, -0.2) is 4.98 Å². The Morgan fingerprint density at radius 1 is 1.35 bits per heavy atom. The fourth-order valence-corrected chi connectivity index (χ4v) is 2.35. The number of nitrogens with zero attached hydrogens (tertiary/aromatic N) is 1. The van der Waals surface area contributed by atoms with E-state index < -0.39 is 5.97 Å². The number of hydrogen-bond donors (Lipinski definition) is 2. The number of methoxy groups -OCH3 is 1. The highest BCUT2D eigenvalue weighted by molar-refractivity contribution is 5.69. The Balaban J connectivity index is 2.40. The zero-order chi connectivity index (χ0) is 14.7. The molecule has 2 aromatic rings. The van der Waals surface area contributed by atoms with Crippen molar-refractivity contribution in [2.24, 2.45) is 0 Å². The van der Waals surface area contributed by atoms with Gasteiger partial charge in [0.1, 0.15) is 11.6 Å². The number of carbonyl (C=O) groups is 1. The molecule has 0 spiro atoms. The van der Waals surface area contributed by atoms with Crippen LogP contribution >= 0.6 is 0 Å². The Hall–Kier alpha value is -2.30. The van der Waals surface area contributed by atoms with Crippen LogP contribution in [0.1, 0.15) is 35.1 Å². The molecule has 0 amide bonds. The van der Waals surface area contributed by atoms with Gasteiger partial charge in [-0.1, -0.05) is 12.1 Å². The molecular weight excluding hydrogens is 256 g/mol. The highest BCUT2D eigenvalue weighted by Crippen LogP contribution is 2.30. The number of rotatable bonds is 5. The molecule has 0 saturated carbocycles. The number of aromatic amines is 1. The molecule has 2 rings (SSSR count). The van der Waals surface area contributed by atoms with E-state index in [0.29, 0.717) is 0 Å². The highest BCUT2D eigenvalue weighted by atomic mass is 16.5. The van der Waals surface area contributed by atoms with E-state index >= 15 is 0 Å². The van der Waals surface area contributed by atoms with Gasteiger partial charge in [0.05, 0.1) is 19.2 Å². The number of ether oxygens (including phenoxy) is 1. The van der Waals surface area contributed by atoms with Crippen LogP contribution in [-0.4, -0.2) is 28.2 Å². The Kier molecular flexibility index (Phi) is 4.08. The lowest BCUT2D eigenvalue weighted by Gasteiger charge is -2.14. The highest BCUT2D eigenvalue weighted by Gasteiger charge is 2.22. The summed E-state index contributed by atoms with van der Waals surface area (Å²) in [6, 6.07) is 7.43. The lowest BCUT2D eigenvalue weighted by atomic mass is 9.91. The molecule has 0 aliphatic carbocycles. The van der Waals surface area contributed by atoms with E-state index in [1.807, 2.05) is 38.1 Å². The quantitative estimate of drug-likeness (QED) is 0.879. The first-order chi connectivity index (χ1) is 9.51. The van der Waals surface area contributed by atoms with E-state index in [9.17, 15) is 4.79 Å². The maximum absolute atomic E-state index is 11.1. The Labute approximate surface area is 117 Å². The second kappa shape index (κ2) is 5.77. The van der Waals surface area contributed by atoms with Crippen molar-refractivity contribution in [2.75, 3.05) is 7.11 Å². The molecule has 1 heterocycles. The van der Waals surface area contributed by atoms with Crippen molar-refractivity contribution in [2.45, 2.75) is 26.2 Å². The van der Waals surface area contributed by atoms with Crippen molar-refractivity contribution >= 4 is 5.97 Å². The number of benzene rings is 1. The number of nitrogens with one attached hydrogen (secondary N) is 1.